The maximum absolute atomic E-state index is 10.9. The molecule has 0 saturated carbocycles. The fourth-order valence-electron chi connectivity index (χ4n) is 1.52. The molecule has 1 aromatic heterocycles. The zero-order valence-electron chi connectivity index (χ0n) is 8.45. The third-order valence-corrected chi connectivity index (χ3v) is 2.83. The Balaban J connectivity index is 2.73. The largest absolute Gasteiger partial charge is 0.296 e. The van der Waals surface area contributed by atoms with Gasteiger partial charge >= 0.3 is 0 Å². The van der Waals surface area contributed by atoms with Crippen LogP contribution in [0.3, 0.4) is 0 Å². The van der Waals surface area contributed by atoms with Crippen molar-refractivity contribution >= 4 is 29.5 Å². The summed E-state index contributed by atoms with van der Waals surface area (Å²) in [6.45, 7) is 1.92. The number of hydrogen-bond donors (Lipinski definition) is 0. The van der Waals surface area contributed by atoms with Crippen molar-refractivity contribution in [3.05, 3.63) is 46.0 Å². The van der Waals surface area contributed by atoms with Crippen molar-refractivity contribution in [3.8, 4) is 5.69 Å². The fraction of sp³-hybridized carbons (Fsp3) is 0.0909. The van der Waals surface area contributed by atoms with Crippen LogP contribution < -0.4 is 0 Å². The first-order valence-electron chi connectivity index (χ1n) is 4.60. The fourth-order valence-corrected chi connectivity index (χ4v) is 2.04. The van der Waals surface area contributed by atoms with Gasteiger partial charge in [0.25, 0.3) is 0 Å². The van der Waals surface area contributed by atoms with Gasteiger partial charge in [-0.15, -0.1) is 0 Å². The highest BCUT2D eigenvalue weighted by atomic mass is 35.5. The van der Waals surface area contributed by atoms with E-state index in [1.165, 1.54) is 4.57 Å². The predicted octanol–water partition coefficient (Wildman–Crippen LogP) is 3.30. The van der Waals surface area contributed by atoms with E-state index in [1.54, 1.807) is 0 Å². The Hall–Kier alpha value is -1.32. The van der Waals surface area contributed by atoms with Crippen molar-refractivity contribution in [1.82, 2.24) is 9.55 Å². The number of carbonyl (C=O) groups is 1. The first-order chi connectivity index (χ1) is 7.65. The second kappa shape index (κ2) is 4.28. The molecule has 16 heavy (non-hydrogen) atoms. The summed E-state index contributed by atoms with van der Waals surface area (Å²) in [7, 11) is 0. The van der Waals surface area contributed by atoms with E-state index in [9.17, 15) is 4.79 Å². The predicted molar refractivity (Wildman–Crippen MR) is 63.7 cm³/mol. The number of nitrogens with zero attached hydrogens (tertiary/aromatic N) is 2. The smallest absolute Gasteiger partial charge is 0.209 e. The van der Waals surface area contributed by atoms with Gasteiger partial charge in [-0.2, -0.15) is 0 Å². The number of halogens is 2. The number of carbonyl (C=O) groups excluding carboxylic acids is 1. The van der Waals surface area contributed by atoms with Crippen LogP contribution in [-0.4, -0.2) is 15.8 Å². The molecule has 82 valence electrons. The van der Waals surface area contributed by atoms with E-state index in [-0.39, 0.29) is 16.1 Å². The Kier molecular flexibility index (Phi) is 2.99. The standard InChI is InChI=1S/C11H8Cl2N2O/c1-7-4-2-3-5-8(7)15-9(6-16)10(12)14-11(15)13/h2-6H,1H3. The second-order valence-electron chi connectivity index (χ2n) is 3.30. The third-order valence-electron chi connectivity index (χ3n) is 2.30. The van der Waals surface area contributed by atoms with E-state index in [0.29, 0.717) is 6.29 Å². The van der Waals surface area contributed by atoms with E-state index in [2.05, 4.69) is 4.98 Å². The molecular formula is C11H8Cl2N2O. The number of benzene rings is 1. The molecule has 0 aliphatic carbocycles. The van der Waals surface area contributed by atoms with Gasteiger partial charge in [0.05, 0.1) is 5.69 Å². The number of rotatable bonds is 2. The van der Waals surface area contributed by atoms with Crippen LogP contribution >= 0.6 is 23.2 Å². The number of imidazole rings is 1. The maximum Gasteiger partial charge on any atom is 0.209 e. The van der Waals surface area contributed by atoms with Gasteiger partial charge in [-0.25, -0.2) is 4.98 Å². The van der Waals surface area contributed by atoms with Crippen molar-refractivity contribution in [2.24, 2.45) is 0 Å². The zero-order valence-corrected chi connectivity index (χ0v) is 9.96. The van der Waals surface area contributed by atoms with Crippen LogP contribution in [0.2, 0.25) is 10.4 Å². The molecule has 2 rings (SSSR count). The molecule has 0 unspecified atom stereocenters. The molecule has 0 saturated heterocycles. The van der Waals surface area contributed by atoms with Gasteiger partial charge < -0.3 is 0 Å². The van der Waals surface area contributed by atoms with Gasteiger partial charge in [0.15, 0.2) is 11.4 Å². The second-order valence-corrected chi connectivity index (χ2v) is 3.99. The molecule has 0 spiro atoms. The average molecular weight is 255 g/mol. The van der Waals surface area contributed by atoms with Crippen molar-refractivity contribution in [3.63, 3.8) is 0 Å². The number of hydrogen-bond acceptors (Lipinski definition) is 2. The third kappa shape index (κ3) is 1.72. The number of aryl methyl sites for hydroxylation is 1. The Morgan fingerprint density at radius 1 is 1.31 bits per heavy atom. The molecule has 0 atom stereocenters. The van der Waals surface area contributed by atoms with Crippen LogP contribution in [0, 0.1) is 6.92 Å². The van der Waals surface area contributed by atoms with Crippen molar-refractivity contribution in [2.45, 2.75) is 6.92 Å². The Bertz CT molecular complexity index is 549. The lowest BCUT2D eigenvalue weighted by Crippen LogP contribution is -2.01. The first kappa shape index (κ1) is 11.2. The molecular weight excluding hydrogens is 247 g/mol. The Morgan fingerprint density at radius 2 is 2.00 bits per heavy atom. The summed E-state index contributed by atoms with van der Waals surface area (Å²) in [5.74, 6) is 0. The van der Waals surface area contributed by atoms with Crippen molar-refractivity contribution in [2.75, 3.05) is 0 Å². The summed E-state index contributed by atoms with van der Waals surface area (Å²) in [4.78, 5) is 14.8. The SMILES string of the molecule is Cc1ccccc1-n1c(Cl)nc(Cl)c1C=O. The van der Waals surface area contributed by atoms with Crippen molar-refractivity contribution < 1.29 is 4.79 Å². The summed E-state index contributed by atoms with van der Waals surface area (Å²) in [6, 6.07) is 7.55. The molecule has 1 heterocycles. The topological polar surface area (TPSA) is 34.9 Å². The van der Waals surface area contributed by atoms with E-state index in [4.69, 9.17) is 23.2 Å². The molecule has 0 aliphatic heterocycles. The van der Waals surface area contributed by atoms with Crippen LogP contribution in [-0.2, 0) is 0 Å². The van der Waals surface area contributed by atoms with Gasteiger partial charge in [0, 0.05) is 0 Å². The summed E-state index contributed by atoms with van der Waals surface area (Å²) < 4.78 is 1.53. The minimum absolute atomic E-state index is 0.114. The minimum Gasteiger partial charge on any atom is -0.296 e. The van der Waals surface area contributed by atoms with E-state index < -0.39 is 0 Å². The molecule has 1 aromatic carbocycles. The first-order valence-corrected chi connectivity index (χ1v) is 5.35. The Labute approximate surface area is 103 Å². The number of aromatic nitrogens is 2. The van der Waals surface area contributed by atoms with Crippen LogP contribution in [0.5, 0.6) is 0 Å². The van der Waals surface area contributed by atoms with Gasteiger partial charge in [0.1, 0.15) is 5.69 Å². The molecule has 0 N–H and O–H groups in total. The molecule has 0 radical (unpaired) electrons. The van der Waals surface area contributed by atoms with Crippen LogP contribution in [0.15, 0.2) is 24.3 Å². The van der Waals surface area contributed by atoms with E-state index >= 15 is 0 Å². The maximum atomic E-state index is 10.9. The van der Waals surface area contributed by atoms with Crippen molar-refractivity contribution in [1.29, 1.82) is 0 Å². The van der Waals surface area contributed by atoms with E-state index in [0.717, 1.165) is 11.3 Å². The number of para-hydroxylation sites is 1. The molecule has 3 nitrogen and oxygen atoms in total. The van der Waals surface area contributed by atoms with Crippen LogP contribution in [0.25, 0.3) is 5.69 Å². The molecule has 0 fully saturated rings. The normalized spacial score (nSPS) is 10.4. The highest BCUT2D eigenvalue weighted by Gasteiger charge is 2.16. The molecule has 2 aromatic rings. The van der Waals surface area contributed by atoms with Gasteiger partial charge in [-0.3, -0.25) is 9.36 Å². The highest BCUT2D eigenvalue weighted by Crippen LogP contribution is 2.25. The summed E-state index contributed by atoms with van der Waals surface area (Å²) >= 11 is 11.7. The molecule has 0 bridgehead atoms. The summed E-state index contributed by atoms with van der Waals surface area (Å²) in [5, 5.41) is 0.296. The highest BCUT2D eigenvalue weighted by molar-refractivity contribution is 6.34. The van der Waals surface area contributed by atoms with Gasteiger partial charge in [0.2, 0.25) is 5.28 Å². The summed E-state index contributed by atoms with van der Waals surface area (Å²) in [6.07, 6.45) is 0.646. The molecule has 0 amide bonds. The average Bonchev–Trinajstić information content (AvgIpc) is 2.54. The van der Waals surface area contributed by atoms with Gasteiger partial charge in [-0.1, -0.05) is 29.8 Å². The Morgan fingerprint density at radius 3 is 2.62 bits per heavy atom. The van der Waals surface area contributed by atoms with Crippen LogP contribution in [0.4, 0.5) is 0 Å². The lowest BCUT2D eigenvalue weighted by molar-refractivity contribution is 0.111. The lowest BCUT2D eigenvalue weighted by Gasteiger charge is -2.08. The summed E-state index contributed by atoms with van der Waals surface area (Å²) in [5.41, 5.74) is 2.05. The quantitative estimate of drug-likeness (QED) is 0.771. The zero-order chi connectivity index (χ0) is 11.7. The van der Waals surface area contributed by atoms with E-state index in [1.807, 2.05) is 31.2 Å². The monoisotopic (exact) mass is 254 g/mol. The molecule has 0 aliphatic rings. The van der Waals surface area contributed by atoms with Gasteiger partial charge in [-0.05, 0) is 30.2 Å². The lowest BCUT2D eigenvalue weighted by atomic mass is 10.2. The molecule has 5 heteroatoms. The minimum atomic E-state index is 0.114. The van der Waals surface area contributed by atoms with Crippen LogP contribution in [0.1, 0.15) is 16.1 Å². The number of aldehydes is 1.